The van der Waals surface area contributed by atoms with Gasteiger partial charge in [-0.3, -0.25) is 14.4 Å². The lowest BCUT2D eigenvalue weighted by Gasteiger charge is -2.21. The number of fused-ring (bicyclic) bond motifs is 2. The molecule has 6 nitrogen and oxygen atoms in total. The Hall–Kier alpha value is -2.47. The minimum Gasteiger partial charge on any atom is -0.481 e. The van der Waals surface area contributed by atoms with Crippen LogP contribution in [0.3, 0.4) is 0 Å². The van der Waals surface area contributed by atoms with Gasteiger partial charge in [-0.05, 0) is 19.1 Å². The van der Waals surface area contributed by atoms with E-state index < -0.39 is 35.9 Å². The number of rotatable bonds is 4. The molecule has 1 aromatic rings. The van der Waals surface area contributed by atoms with Crippen LogP contribution in [-0.2, 0) is 14.3 Å². The van der Waals surface area contributed by atoms with Gasteiger partial charge in [0.1, 0.15) is 5.92 Å². The highest BCUT2D eigenvalue weighted by Gasteiger charge is 2.53. The number of hydrogen-bond donors (Lipinski definition) is 2. The third-order valence-corrected chi connectivity index (χ3v) is 4.02. The van der Waals surface area contributed by atoms with Crippen molar-refractivity contribution in [3.8, 4) is 0 Å². The average molecular weight is 301 g/mol. The number of aliphatic carboxylic acids is 1. The number of carboxylic acid groups (broad SMARTS) is 1. The number of Topliss-reactive ketones (excluding diaryl/α,β-unsaturated/α-hetero) is 1. The molecule has 0 aromatic heterocycles. The Labute approximate surface area is 126 Å². The second-order valence-electron chi connectivity index (χ2n) is 5.47. The molecule has 1 aromatic carbocycles. The fourth-order valence-corrected chi connectivity index (χ4v) is 2.96. The molecular formula is C16H15NO5. The number of nitrogens with one attached hydrogen (secondary N) is 1. The Bertz CT molecular complexity index is 681. The molecular weight excluding hydrogens is 286 g/mol. The van der Waals surface area contributed by atoms with Crippen molar-refractivity contribution in [1.29, 1.82) is 0 Å². The van der Waals surface area contributed by atoms with Crippen molar-refractivity contribution in [1.82, 2.24) is 0 Å². The molecule has 3 rings (SSSR count). The van der Waals surface area contributed by atoms with Gasteiger partial charge in [0.15, 0.2) is 5.78 Å². The number of amides is 1. The number of ketones is 1. The summed E-state index contributed by atoms with van der Waals surface area (Å²) in [4.78, 5) is 35.2. The van der Waals surface area contributed by atoms with Gasteiger partial charge in [-0.2, -0.15) is 0 Å². The Balaban J connectivity index is 1.80. The van der Waals surface area contributed by atoms with Crippen LogP contribution in [0, 0.1) is 11.8 Å². The quantitative estimate of drug-likeness (QED) is 0.649. The highest BCUT2D eigenvalue weighted by atomic mass is 16.5. The summed E-state index contributed by atoms with van der Waals surface area (Å²) < 4.78 is 5.47. The Morgan fingerprint density at radius 1 is 1.14 bits per heavy atom. The van der Waals surface area contributed by atoms with E-state index in [2.05, 4.69) is 5.32 Å². The molecule has 0 radical (unpaired) electrons. The van der Waals surface area contributed by atoms with Crippen molar-refractivity contribution in [2.45, 2.75) is 19.1 Å². The first-order chi connectivity index (χ1) is 10.5. The maximum absolute atomic E-state index is 12.4. The van der Waals surface area contributed by atoms with Crippen LogP contribution >= 0.6 is 0 Å². The predicted molar refractivity (Wildman–Crippen MR) is 77.5 cm³/mol. The van der Waals surface area contributed by atoms with Gasteiger partial charge >= 0.3 is 5.97 Å². The molecule has 2 heterocycles. The van der Waals surface area contributed by atoms with Gasteiger partial charge < -0.3 is 15.2 Å². The van der Waals surface area contributed by atoms with Gasteiger partial charge in [0.2, 0.25) is 5.91 Å². The monoisotopic (exact) mass is 301 g/mol. The number of carbonyl (C=O) groups excluding carboxylic acids is 2. The molecule has 2 bridgehead atoms. The number of anilines is 1. The lowest BCUT2D eigenvalue weighted by atomic mass is 9.82. The molecule has 2 aliphatic rings. The Morgan fingerprint density at radius 2 is 1.82 bits per heavy atom. The van der Waals surface area contributed by atoms with Crippen molar-refractivity contribution in [2.24, 2.45) is 11.8 Å². The second-order valence-corrected chi connectivity index (χ2v) is 5.47. The zero-order valence-electron chi connectivity index (χ0n) is 11.9. The number of ether oxygens (including phenoxy) is 1. The number of benzene rings is 1. The van der Waals surface area contributed by atoms with Crippen molar-refractivity contribution in [2.75, 3.05) is 5.32 Å². The van der Waals surface area contributed by atoms with Gasteiger partial charge in [0, 0.05) is 11.3 Å². The van der Waals surface area contributed by atoms with E-state index in [4.69, 9.17) is 4.74 Å². The fraction of sp³-hybridized carbons (Fsp3) is 0.312. The van der Waals surface area contributed by atoms with E-state index in [1.165, 1.54) is 6.92 Å². The van der Waals surface area contributed by atoms with Crippen LogP contribution in [0.4, 0.5) is 5.69 Å². The highest BCUT2D eigenvalue weighted by molar-refractivity contribution is 5.99. The first kappa shape index (κ1) is 14.5. The molecule has 1 saturated heterocycles. The first-order valence-electron chi connectivity index (χ1n) is 6.96. The largest absolute Gasteiger partial charge is 0.481 e. The highest BCUT2D eigenvalue weighted by Crippen LogP contribution is 2.39. The Kier molecular flexibility index (Phi) is 3.54. The number of hydrogen-bond acceptors (Lipinski definition) is 4. The SMILES string of the molecule is CC(=O)c1cccc(NC(=O)[C@H]2[C@@H](C(=O)O)[C@H]3C=C[C@@H]2O3)c1. The van der Waals surface area contributed by atoms with Gasteiger partial charge in [0.05, 0.1) is 18.1 Å². The summed E-state index contributed by atoms with van der Waals surface area (Å²) in [6.45, 7) is 1.44. The van der Waals surface area contributed by atoms with Crippen LogP contribution in [0.5, 0.6) is 0 Å². The molecule has 0 aliphatic carbocycles. The van der Waals surface area contributed by atoms with Crippen molar-refractivity contribution in [3.05, 3.63) is 42.0 Å². The topological polar surface area (TPSA) is 92.7 Å². The molecule has 0 unspecified atom stereocenters. The lowest BCUT2D eigenvalue weighted by molar-refractivity contribution is -0.145. The fourth-order valence-electron chi connectivity index (χ4n) is 2.96. The minimum absolute atomic E-state index is 0.106. The molecule has 4 atom stereocenters. The molecule has 22 heavy (non-hydrogen) atoms. The summed E-state index contributed by atoms with van der Waals surface area (Å²) >= 11 is 0. The van der Waals surface area contributed by atoms with Gasteiger partial charge in [-0.25, -0.2) is 0 Å². The lowest BCUT2D eigenvalue weighted by Crippen LogP contribution is -2.39. The van der Waals surface area contributed by atoms with Gasteiger partial charge in [-0.15, -0.1) is 0 Å². The van der Waals surface area contributed by atoms with Gasteiger partial charge in [-0.1, -0.05) is 24.3 Å². The zero-order chi connectivity index (χ0) is 15.9. The molecule has 1 fully saturated rings. The van der Waals surface area contributed by atoms with E-state index in [1.807, 2.05) is 0 Å². The summed E-state index contributed by atoms with van der Waals surface area (Å²) in [5.74, 6) is -3.22. The van der Waals surface area contributed by atoms with Crippen molar-refractivity contribution >= 4 is 23.3 Å². The zero-order valence-corrected chi connectivity index (χ0v) is 11.9. The molecule has 114 valence electrons. The molecule has 0 saturated carbocycles. The summed E-state index contributed by atoms with van der Waals surface area (Å²) in [5.41, 5.74) is 0.949. The van der Waals surface area contributed by atoms with Crippen LogP contribution in [0.1, 0.15) is 17.3 Å². The molecule has 2 aliphatic heterocycles. The van der Waals surface area contributed by atoms with E-state index in [1.54, 1.807) is 36.4 Å². The van der Waals surface area contributed by atoms with E-state index >= 15 is 0 Å². The number of carboxylic acids is 1. The van der Waals surface area contributed by atoms with Crippen LogP contribution in [0.2, 0.25) is 0 Å². The van der Waals surface area contributed by atoms with Crippen molar-refractivity contribution in [3.63, 3.8) is 0 Å². The van der Waals surface area contributed by atoms with Crippen LogP contribution in [0.25, 0.3) is 0 Å². The second kappa shape index (κ2) is 5.38. The smallest absolute Gasteiger partial charge is 0.310 e. The third kappa shape index (κ3) is 2.42. The maximum atomic E-state index is 12.4. The summed E-state index contributed by atoms with van der Waals surface area (Å²) in [6.07, 6.45) is 2.34. The summed E-state index contributed by atoms with van der Waals surface area (Å²) in [5, 5.41) is 12.0. The van der Waals surface area contributed by atoms with E-state index in [-0.39, 0.29) is 5.78 Å². The van der Waals surface area contributed by atoms with E-state index in [0.29, 0.717) is 11.3 Å². The Morgan fingerprint density at radius 3 is 2.45 bits per heavy atom. The number of carbonyl (C=O) groups is 3. The van der Waals surface area contributed by atoms with E-state index in [9.17, 15) is 19.5 Å². The third-order valence-electron chi connectivity index (χ3n) is 4.02. The van der Waals surface area contributed by atoms with Crippen LogP contribution in [0.15, 0.2) is 36.4 Å². The average Bonchev–Trinajstić information content (AvgIpc) is 3.07. The van der Waals surface area contributed by atoms with E-state index in [0.717, 1.165) is 0 Å². The first-order valence-corrected chi connectivity index (χ1v) is 6.96. The molecule has 1 amide bonds. The molecule has 0 spiro atoms. The minimum atomic E-state index is -1.05. The molecule has 2 N–H and O–H groups in total. The molecule has 6 heteroatoms. The standard InChI is InChI=1S/C16H15NO5/c1-8(18)9-3-2-4-10(7-9)17-15(19)13-11-5-6-12(22-11)14(13)16(20)21/h2-7,11-14H,1H3,(H,17,19)(H,20,21)/t11-,12+,13+,14-/m0/s1. The predicted octanol–water partition coefficient (Wildman–Crippen LogP) is 1.48. The van der Waals surface area contributed by atoms with Crippen LogP contribution < -0.4 is 5.32 Å². The van der Waals surface area contributed by atoms with Crippen molar-refractivity contribution < 1.29 is 24.2 Å². The van der Waals surface area contributed by atoms with Gasteiger partial charge in [0.25, 0.3) is 0 Å². The normalized spacial score (nSPS) is 28.6. The maximum Gasteiger partial charge on any atom is 0.310 e. The van der Waals surface area contributed by atoms with Crippen LogP contribution in [-0.4, -0.2) is 35.0 Å². The summed E-state index contributed by atoms with van der Waals surface area (Å²) in [6, 6.07) is 6.55. The summed E-state index contributed by atoms with van der Waals surface area (Å²) in [7, 11) is 0.